The Morgan fingerprint density at radius 2 is 2.00 bits per heavy atom. The second-order valence-electron chi connectivity index (χ2n) is 5.47. The molecule has 0 aromatic heterocycles. The molecule has 1 aliphatic rings. The van der Waals surface area contributed by atoms with Crippen molar-refractivity contribution in [2.75, 3.05) is 7.11 Å². The fourth-order valence-corrected chi connectivity index (χ4v) is 2.65. The van der Waals surface area contributed by atoms with E-state index in [1.54, 1.807) is 19.2 Å². The van der Waals surface area contributed by atoms with Gasteiger partial charge in [0.2, 0.25) is 0 Å². The first kappa shape index (κ1) is 13.2. The molecule has 3 nitrogen and oxygen atoms in total. The van der Waals surface area contributed by atoms with Gasteiger partial charge in [-0.3, -0.25) is 0 Å². The quantitative estimate of drug-likeness (QED) is 0.861. The van der Waals surface area contributed by atoms with E-state index in [-0.39, 0.29) is 5.54 Å². The van der Waals surface area contributed by atoms with E-state index in [4.69, 9.17) is 4.74 Å². The predicted molar refractivity (Wildman–Crippen MR) is 73.0 cm³/mol. The minimum atomic E-state index is 0.216. The number of rotatable bonds is 4. The Balaban J connectivity index is 2.00. The molecule has 2 rings (SSSR count). The molecule has 1 saturated carbocycles. The molecule has 0 heterocycles. The Morgan fingerprint density at radius 1 is 1.28 bits per heavy atom. The molecule has 0 aliphatic heterocycles. The molecule has 1 aromatic carbocycles. The summed E-state index contributed by atoms with van der Waals surface area (Å²) < 4.78 is 5.19. The third-order valence-corrected chi connectivity index (χ3v) is 3.95. The van der Waals surface area contributed by atoms with Crippen molar-refractivity contribution in [3.8, 4) is 11.5 Å². The molecular weight excluding hydrogens is 226 g/mol. The Labute approximate surface area is 109 Å². The predicted octanol–water partition coefficient (Wildman–Crippen LogP) is 3.21. The molecule has 0 saturated heterocycles. The maximum absolute atomic E-state index is 9.85. The van der Waals surface area contributed by atoms with Crippen LogP contribution in [0.2, 0.25) is 0 Å². The number of hydrogen-bond acceptors (Lipinski definition) is 3. The first-order valence-electron chi connectivity index (χ1n) is 6.74. The summed E-state index contributed by atoms with van der Waals surface area (Å²) in [4.78, 5) is 0. The van der Waals surface area contributed by atoms with Crippen LogP contribution in [0.25, 0.3) is 0 Å². The zero-order valence-corrected chi connectivity index (χ0v) is 11.3. The molecule has 1 fully saturated rings. The van der Waals surface area contributed by atoms with Gasteiger partial charge in [-0.1, -0.05) is 19.3 Å². The largest absolute Gasteiger partial charge is 0.508 e. The summed E-state index contributed by atoms with van der Waals surface area (Å²) in [6.45, 7) is 2.98. The van der Waals surface area contributed by atoms with Crippen LogP contribution in [0.3, 0.4) is 0 Å². The average Bonchev–Trinajstić information content (AvgIpc) is 2.39. The van der Waals surface area contributed by atoms with Gasteiger partial charge in [-0.2, -0.15) is 0 Å². The van der Waals surface area contributed by atoms with Crippen molar-refractivity contribution in [2.24, 2.45) is 0 Å². The highest BCUT2D eigenvalue weighted by atomic mass is 16.5. The van der Waals surface area contributed by atoms with Gasteiger partial charge in [-0.25, -0.2) is 0 Å². The van der Waals surface area contributed by atoms with Crippen LogP contribution in [0, 0.1) is 0 Å². The van der Waals surface area contributed by atoms with E-state index < -0.39 is 0 Å². The molecule has 0 spiro atoms. The standard InChI is InChI=1S/C15H23NO2/c1-15(8-4-3-5-9-15)16-11-12-10-13(18-2)6-7-14(12)17/h6-7,10,16-17H,3-5,8-9,11H2,1-2H3. The number of aromatic hydroxyl groups is 1. The Morgan fingerprint density at radius 3 is 2.67 bits per heavy atom. The van der Waals surface area contributed by atoms with Gasteiger partial charge in [0.15, 0.2) is 0 Å². The SMILES string of the molecule is COc1ccc(O)c(CNC2(C)CCCCC2)c1. The molecule has 0 unspecified atom stereocenters. The third-order valence-electron chi connectivity index (χ3n) is 3.95. The Kier molecular flexibility index (Phi) is 4.12. The Bertz CT molecular complexity index is 397. The monoisotopic (exact) mass is 249 g/mol. The van der Waals surface area contributed by atoms with Crippen LogP contribution in [0.4, 0.5) is 0 Å². The normalized spacial score (nSPS) is 18.6. The highest BCUT2D eigenvalue weighted by Gasteiger charge is 2.26. The molecule has 2 N–H and O–H groups in total. The van der Waals surface area contributed by atoms with Gasteiger partial charge in [0.25, 0.3) is 0 Å². The fourth-order valence-electron chi connectivity index (χ4n) is 2.65. The Hall–Kier alpha value is -1.22. The topological polar surface area (TPSA) is 41.5 Å². The first-order chi connectivity index (χ1) is 8.63. The molecule has 1 aromatic rings. The summed E-state index contributed by atoms with van der Waals surface area (Å²) in [6, 6.07) is 5.37. The van der Waals surface area contributed by atoms with Crippen LogP contribution in [-0.4, -0.2) is 17.8 Å². The number of phenols is 1. The summed E-state index contributed by atoms with van der Waals surface area (Å²) >= 11 is 0. The van der Waals surface area contributed by atoms with E-state index in [1.165, 1.54) is 32.1 Å². The third kappa shape index (κ3) is 3.16. The minimum absolute atomic E-state index is 0.216. The van der Waals surface area contributed by atoms with Crippen molar-refractivity contribution < 1.29 is 9.84 Å². The van der Waals surface area contributed by atoms with Gasteiger partial charge < -0.3 is 15.2 Å². The smallest absolute Gasteiger partial charge is 0.120 e. The van der Waals surface area contributed by atoms with Crippen molar-refractivity contribution in [3.05, 3.63) is 23.8 Å². The molecule has 3 heteroatoms. The second-order valence-corrected chi connectivity index (χ2v) is 5.47. The molecule has 0 atom stereocenters. The molecular formula is C15H23NO2. The van der Waals surface area contributed by atoms with Gasteiger partial charge >= 0.3 is 0 Å². The molecule has 0 amide bonds. The van der Waals surface area contributed by atoms with Crippen molar-refractivity contribution in [1.29, 1.82) is 0 Å². The van der Waals surface area contributed by atoms with Crippen LogP contribution in [0.1, 0.15) is 44.6 Å². The van der Waals surface area contributed by atoms with Crippen LogP contribution < -0.4 is 10.1 Å². The summed E-state index contributed by atoms with van der Waals surface area (Å²) in [6.07, 6.45) is 6.39. The van der Waals surface area contributed by atoms with Gasteiger partial charge in [-0.15, -0.1) is 0 Å². The van der Waals surface area contributed by atoms with Crippen molar-refractivity contribution in [2.45, 2.75) is 51.1 Å². The van der Waals surface area contributed by atoms with Crippen molar-refractivity contribution in [1.82, 2.24) is 5.32 Å². The van der Waals surface area contributed by atoms with Crippen LogP contribution >= 0.6 is 0 Å². The van der Waals surface area contributed by atoms with Crippen molar-refractivity contribution >= 4 is 0 Å². The number of nitrogens with one attached hydrogen (secondary N) is 1. The average molecular weight is 249 g/mol. The zero-order chi connectivity index (χ0) is 13.0. The van der Waals surface area contributed by atoms with E-state index in [1.807, 2.05) is 6.07 Å². The summed E-state index contributed by atoms with van der Waals surface area (Å²) in [7, 11) is 1.64. The van der Waals surface area contributed by atoms with Crippen molar-refractivity contribution in [3.63, 3.8) is 0 Å². The summed E-state index contributed by atoms with van der Waals surface area (Å²) in [5.41, 5.74) is 1.12. The van der Waals surface area contributed by atoms with Gasteiger partial charge in [0.05, 0.1) is 7.11 Å². The van der Waals surface area contributed by atoms with Gasteiger partial charge in [-0.05, 0) is 38.0 Å². The maximum Gasteiger partial charge on any atom is 0.120 e. The maximum atomic E-state index is 9.85. The minimum Gasteiger partial charge on any atom is -0.508 e. The lowest BCUT2D eigenvalue weighted by atomic mass is 9.83. The molecule has 0 radical (unpaired) electrons. The number of benzene rings is 1. The summed E-state index contributed by atoms with van der Waals surface area (Å²) in [5.74, 6) is 1.13. The number of ether oxygens (including phenoxy) is 1. The lowest BCUT2D eigenvalue weighted by molar-refractivity contribution is 0.251. The van der Waals surface area contributed by atoms with E-state index in [2.05, 4.69) is 12.2 Å². The van der Waals surface area contributed by atoms with Gasteiger partial charge in [0.1, 0.15) is 11.5 Å². The molecule has 0 bridgehead atoms. The van der Waals surface area contributed by atoms with Crippen LogP contribution in [0.15, 0.2) is 18.2 Å². The molecule has 18 heavy (non-hydrogen) atoms. The van der Waals surface area contributed by atoms with Crippen LogP contribution in [0.5, 0.6) is 11.5 Å². The number of phenolic OH excluding ortho intramolecular Hbond substituents is 1. The molecule has 100 valence electrons. The van der Waals surface area contributed by atoms with Gasteiger partial charge in [0, 0.05) is 17.6 Å². The lowest BCUT2D eigenvalue weighted by Gasteiger charge is -2.35. The van der Waals surface area contributed by atoms with E-state index >= 15 is 0 Å². The number of hydrogen-bond donors (Lipinski definition) is 2. The van der Waals surface area contributed by atoms with E-state index in [9.17, 15) is 5.11 Å². The highest BCUT2D eigenvalue weighted by molar-refractivity contribution is 5.39. The fraction of sp³-hybridized carbons (Fsp3) is 0.600. The molecule has 1 aliphatic carbocycles. The van der Waals surface area contributed by atoms with E-state index in [0.29, 0.717) is 12.3 Å². The summed E-state index contributed by atoms with van der Waals surface area (Å²) in [5, 5.41) is 13.4. The highest BCUT2D eigenvalue weighted by Crippen LogP contribution is 2.29. The van der Waals surface area contributed by atoms with E-state index in [0.717, 1.165) is 11.3 Å². The second kappa shape index (κ2) is 5.61. The zero-order valence-electron chi connectivity index (χ0n) is 11.3. The lowest BCUT2D eigenvalue weighted by Crippen LogP contribution is -2.43. The first-order valence-corrected chi connectivity index (χ1v) is 6.74. The van der Waals surface area contributed by atoms with Crippen LogP contribution in [-0.2, 0) is 6.54 Å². The number of methoxy groups -OCH3 is 1.